The fourth-order valence-corrected chi connectivity index (χ4v) is 4.37. The van der Waals surface area contributed by atoms with E-state index in [9.17, 15) is 48.3 Å². The molecule has 0 aromatic heterocycles. The molecule has 0 saturated heterocycles. The Morgan fingerprint density at radius 1 is 0.812 bits per heavy atom. The van der Waals surface area contributed by atoms with Crippen molar-refractivity contribution in [1.29, 1.82) is 0 Å². The van der Waals surface area contributed by atoms with Gasteiger partial charge < -0.3 is 36.8 Å². The molecule has 48 heavy (non-hydrogen) atoms. The van der Waals surface area contributed by atoms with Gasteiger partial charge in [0.2, 0.25) is 29.5 Å². The van der Waals surface area contributed by atoms with E-state index in [4.69, 9.17) is 10.5 Å². The third-order valence-corrected chi connectivity index (χ3v) is 6.98. The first-order valence-electron chi connectivity index (χ1n) is 15.0. The molecule has 7 N–H and O–H groups in total. The molecule has 1 aliphatic rings. The van der Waals surface area contributed by atoms with Crippen molar-refractivity contribution in [2.24, 2.45) is 11.7 Å². The monoisotopic (exact) mass is 672 g/mol. The number of nitrogens with one attached hydrogen (secondary N) is 4. The predicted octanol–water partition coefficient (Wildman–Crippen LogP) is -0.756. The lowest BCUT2D eigenvalue weighted by molar-refractivity contribution is -0.142. The van der Waals surface area contributed by atoms with Crippen molar-refractivity contribution in [3.63, 3.8) is 0 Å². The van der Waals surface area contributed by atoms with Crippen molar-refractivity contribution >= 4 is 59.0 Å². The van der Waals surface area contributed by atoms with E-state index >= 15 is 0 Å². The van der Waals surface area contributed by atoms with Gasteiger partial charge in [-0.2, -0.15) is 0 Å². The number of hydrogen-bond donors (Lipinski definition) is 6. The summed E-state index contributed by atoms with van der Waals surface area (Å²) in [5, 5.41) is 19.2. The molecule has 0 unspecified atom stereocenters. The van der Waals surface area contributed by atoms with Gasteiger partial charge in [0.25, 0.3) is 11.8 Å². The van der Waals surface area contributed by atoms with Crippen LogP contribution in [0.4, 0.5) is 5.69 Å². The maximum atomic E-state index is 13.4. The second-order valence-corrected chi connectivity index (χ2v) is 11.2. The van der Waals surface area contributed by atoms with Crippen LogP contribution in [0, 0.1) is 5.92 Å². The molecule has 2 rings (SSSR count). The number of nitrogens with zero attached hydrogens (tertiary/aromatic N) is 1. The first-order valence-corrected chi connectivity index (χ1v) is 15.0. The Kier molecular flexibility index (Phi) is 14.9. The summed E-state index contributed by atoms with van der Waals surface area (Å²) in [4.78, 5) is 111. The Morgan fingerprint density at radius 3 is 1.92 bits per heavy atom. The normalized spacial score (nSPS) is 14.1. The van der Waals surface area contributed by atoms with E-state index in [1.165, 1.54) is 19.1 Å². The van der Waals surface area contributed by atoms with E-state index in [1.54, 1.807) is 26.0 Å². The smallest absolute Gasteiger partial charge is 0.303 e. The van der Waals surface area contributed by atoms with Gasteiger partial charge in [0.05, 0.1) is 0 Å². The summed E-state index contributed by atoms with van der Waals surface area (Å²) in [7, 11) is 0. The van der Waals surface area contributed by atoms with Gasteiger partial charge in [-0.25, -0.2) is 0 Å². The molecule has 0 spiro atoms. The van der Waals surface area contributed by atoms with Crippen LogP contribution in [0.1, 0.15) is 58.4 Å². The minimum atomic E-state index is -1.42. The Hall–Kier alpha value is -5.61. The minimum Gasteiger partial charge on any atom is -0.481 e. The molecule has 1 aromatic carbocycles. The lowest BCUT2D eigenvalue weighted by Crippen LogP contribution is -2.57. The van der Waals surface area contributed by atoms with Crippen molar-refractivity contribution in [2.45, 2.75) is 77.6 Å². The summed E-state index contributed by atoms with van der Waals surface area (Å²) in [6, 6.07) is 2.22. The average Bonchev–Trinajstić information content (AvgIpc) is 3.33. The molecule has 0 radical (unpaired) electrons. The molecular weight excluding hydrogens is 632 g/mol. The van der Waals surface area contributed by atoms with Crippen LogP contribution in [0.5, 0.6) is 0 Å². The maximum absolute atomic E-state index is 13.4. The topological polar surface area (TPSA) is 260 Å². The van der Waals surface area contributed by atoms with Crippen molar-refractivity contribution in [2.75, 3.05) is 11.9 Å². The molecule has 1 heterocycles. The predicted molar refractivity (Wildman–Crippen MR) is 167 cm³/mol. The number of anilines is 1. The van der Waals surface area contributed by atoms with Gasteiger partial charge in [0, 0.05) is 50.6 Å². The number of carbonyl (C=O) groups excluding carboxylic acids is 8. The molecule has 0 fully saturated rings. The Labute approximate surface area is 276 Å². The van der Waals surface area contributed by atoms with Gasteiger partial charge in [-0.05, 0) is 36.5 Å². The van der Waals surface area contributed by atoms with Gasteiger partial charge in [-0.1, -0.05) is 26.0 Å². The number of carboxylic acids is 1. The molecule has 0 aliphatic carbocycles. The largest absolute Gasteiger partial charge is 0.481 e. The van der Waals surface area contributed by atoms with Gasteiger partial charge in [0.1, 0.15) is 24.7 Å². The van der Waals surface area contributed by atoms with Crippen molar-refractivity contribution < 1.29 is 53.0 Å². The summed E-state index contributed by atoms with van der Waals surface area (Å²) in [6.45, 7) is 4.30. The van der Waals surface area contributed by atoms with E-state index in [0.29, 0.717) is 11.3 Å². The number of primary amides is 1. The number of rotatable bonds is 19. The maximum Gasteiger partial charge on any atom is 0.303 e. The molecule has 260 valence electrons. The van der Waals surface area contributed by atoms with Crippen LogP contribution < -0.4 is 27.0 Å². The second kappa shape index (κ2) is 18.5. The Morgan fingerprint density at radius 2 is 1.38 bits per heavy atom. The van der Waals surface area contributed by atoms with Crippen LogP contribution in [-0.4, -0.2) is 88.0 Å². The Bertz CT molecular complexity index is 1420. The molecular formula is C31H40N6O11. The number of nitrogens with two attached hydrogens (primary N) is 1. The fraction of sp³-hybridized carbons (Fsp3) is 0.452. The molecule has 1 aliphatic heterocycles. The summed E-state index contributed by atoms with van der Waals surface area (Å²) in [6.07, 6.45) is 0.411. The number of carboxylic acid groups (broad SMARTS) is 1. The first kappa shape index (κ1) is 38.6. The van der Waals surface area contributed by atoms with Crippen LogP contribution in [0.15, 0.2) is 36.4 Å². The number of ether oxygens (including phenoxy) is 1. The highest BCUT2D eigenvalue weighted by molar-refractivity contribution is 6.13. The molecule has 0 bridgehead atoms. The van der Waals surface area contributed by atoms with Crippen molar-refractivity contribution in [1.82, 2.24) is 20.9 Å². The highest BCUT2D eigenvalue weighted by Gasteiger charge is 2.32. The van der Waals surface area contributed by atoms with Crippen molar-refractivity contribution in [3.8, 4) is 0 Å². The quantitative estimate of drug-likeness (QED) is 0.0786. The zero-order valence-corrected chi connectivity index (χ0v) is 26.8. The number of imide groups is 1. The summed E-state index contributed by atoms with van der Waals surface area (Å²) >= 11 is 0. The van der Waals surface area contributed by atoms with E-state index in [-0.39, 0.29) is 38.8 Å². The number of carbonyl (C=O) groups is 9. The van der Waals surface area contributed by atoms with E-state index in [2.05, 4.69) is 21.3 Å². The zero-order valence-electron chi connectivity index (χ0n) is 26.8. The van der Waals surface area contributed by atoms with E-state index in [0.717, 1.165) is 17.1 Å². The molecule has 3 atom stereocenters. The molecule has 17 heteroatoms. The van der Waals surface area contributed by atoms with Crippen LogP contribution in [0.25, 0.3) is 0 Å². The minimum absolute atomic E-state index is 0.0128. The lowest BCUT2D eigenvalue weighted by Gasteiger charge is -2.27. The fourth-order valence-electron chi connectivity index (χ4n) is 4.37. The first-order chi connectivity index (χ1) is 22.6. The highest BCUT2D eigenvalue weighted by atomic mass is 16.5. The molecule has 0 saturated carbocycles. The van der Waals surface area contributed by atoms with Crippen LogP contribution in [0.2, 0.25) is 0 Å². The van der Waals surface area contributed by atoms with Crippen LogP contribution in [0.3, 0.4) is 0 Å². The van der Waals surface area contributed by atoms with E-state index < -0.39 is 83.8 Å². The van der Waals surface area contributed by atoms with Crippen LogP contribution >= 0.6 is 0 Å². The molecule has 7 amide bonds. The lowest BCUT2D eigenvalue weighted by atomic mass is 10.0. The number of benzene rings is 1. The van der Waals surface area contributed by atoms with Gasteiger partial charge >= 0.3 is 11.9 Å². The van der Waals surface area contributed by atoms with E-state index in [1.807, 2.05) is 0 Å². The highest BCUT2D eigenvalue weighted by Crippen LogP contribution is 2.13. The number of esters is 1. The Balaban J connectivity index is 2.14. The molecule has 1 aromatic rings. The molecule has 17 nitrogen and oxygen atoms in total. The zero-order chi connectivity index (χ0) is 36.0. The average molecular weight is 673 g/mol. The third kappa shape index (κ3) is 13.0. The summed E-state index contributed by atoms with van der Waals surface area (Å²) in [5.74, 6) is -7.28. The number of hydrogen-bond acceptors (Lipinski definition) is 10. The van der Waals surface area contributed by atoms with Gasteiger partial charge in [-0.3, -0.25) is 48.1 Å². The third-order valence-electron chi connectivity index (χ3n) is 6.98. The van der Waals surface area contributed by atoms with Gasteiger partial charge in [0.15, 0.2) is 0 Å². The SMILES string of the molecule is CC(=O)OCc1ccc(NC(=O)[C@H](CCC(=O)O)NC(=O)[C@H](CCC(N)=O)NC(=O)[C@@H](NC(=O)CCN2C(=O)C=CC2=O)C(C)C)cc1. The summed E-state index contributed by atoms with van der Waals surface area (Å²) in [5.41, 5.74) is 6.19. The standard InChI is InChI=1S/C31H40N6O11/c1-17(2)28(36-24(40)14-15-37-25(41)11-12-26(37)42)31(47)35-21(8-10-23(32)39)30(46)34-22(9-13-27(43)44)29(45)33-20-6-4-19(5-7-20)16-48-18(3)38/h4-7,11-12,17,21-22,28H,8-10,13-16H2,1-3H3,(H2,32,39)(H,33,45)(H,34,46)(H,35,47)(H,36,40)(H,43,44)/t21-,22-,28-/m0/s1. The number of aliphatic carboxylic acids is 1. The van der Waals surface area contributed by atoms with Crippen molar-refractivity contribution in [3.05, 3.63) is 42.0 Å². The second-order valence-electron chi connectivity index (χ2n) is 11.2. The number of amides is 7. The van der Waals surface area contributed by atoms with Crippen LogP contribution in [-0.2, 0) is 54.5 Å². The summed E-state index contributed by atoms with van der Waals surface area (Å²) < 4.78 is 4.92. The van der Waals surface area contributed by atoms with Gasteiger partial charge in [-0.15, -0.1) is 0 Å².